The molecule has 3 aromatic rings. The van der Waals surface area contributed by atoms with Gasteiger partial charge < -0.3 is 9.64 Å². The Bertz CT molecular complexity index is 1230. The third kappa shape index (κ3) is 5.01. The highest BCUT2D eigenvalue weighted by atomic mass is 32.2. The Balaban J connectivity index is 1.42. The van der Waals surface area contributed by atoms with Crippen molar-refractivity contribution in [3.8, 4) is 5.75 Å². The van der Waals surface area contributed by atoms with E-state index in [-0.39, 0.29) is 5.25 Å². The normalized spacial score (nSPS) is 15.0. The Labute approximate surface area is 207 Å². The van der Waals surface area contributed by atoms with Gasteiger partial charge in [-0.15, -0.1) is 11.3 Å². The summed E-state index contributed by atoms with van der Waals surface area (Å²) in [7, 11) is -3.37. The van der Waals surface area contributed by atoms with Gasteiger partial charge in [0.2, 0.25) is 0 Å². The van der Waals surface area contributed by atoms with Gasteiger partial charge in [-0.3, -0.25) is 0 Å². The zero-order chi connectivity index (χ0) is 24.5. The van der Waals surface area contributed by atoms with Crippen molar-refractivity contribution in [3.05, 3.63) is 69.2 Å². The van der Waals surface area contributed by atoms with E-state index in [0.29, 0.717) is 37.4 Å². The molecule has 1 aromatic heterocycles. The minimum atomic E-state index is -3.37. The molecule has 7 heteroatoms. The number of sulfone groups is 1. The lowest BCUT2D eigenvalue weighted by atomic mass is 10.0. The van der Waals surface area contributed by atoms with Crippen molar-refractivity contribution < 1.29 is 13.2 Å². The zero-order valence-electron chi connectivity index (χ0n) is 20.7. The molecule has 1 aliphatic rings. The first kappa shape index (κ1) is 24.7. The van der Waals surface area contributed by atoms with Crippen molar-refractivity contribution in [2.24, 2.45) is 0 Å². The van der Waals surface area contributed by atoms with Crippen LogP contribution in [-0.2, 0) is 16.3 Å². The summed E-state index contributed by atoms with van der Waals surface area (Å²) in [6.45, 7) is 11.9. The lowest BCUT2D eigenvalue weighted by Gasteiger charge is -2.32. The van der Waals surface area contributed by atoms with Crippen LogP contribution in [0.1, 0.15) is 53.3 Å². The number of ether oxygens (including phenoxy) is 1. The summed E-state index contributed by atoms with van der Waals surface area (Å²) in [4.78, 5) is 7.64. The number of benzene rings is 2. The molecule has 2 aromatic carbocycles. The zero-order valence-corrected chi connectivity index (χ0v) is 22.4. The molecule has 1 saturated heterocycles. The van der Waals surface area contributed by atoms with Crippen LogP contribution in [0.15, 0.2) is 40.6 Å². The minimum Gasteiger partial charge on any atom is -0.494 e. The molecule has 4 rings (SSSR count). The van der Waals surface area contributed by atoms with Gasteiger partial charge in [0.1, 0.15) is 5.75 Å². The van der Waals surface area contributed by atoms with Crippen LogP contribution in [0.3, 0.4) is 0 Å². The van der Waals surface area contributed by atoms with Crippen LogP contribution in [0.25, 0.3) is 0 Å². The maximum atomic E-state index is 13.6. The van der Waals surface area contributed by atoms with Gasteiger partial charge in [-0.2, -0.15) is 0 Å². The maximum absolute atomic E-state index is 13.6. The lowest BCUT2D eigenvalue weighted by Crippen LogP contribution is -2.39. The summed E-state index contributed by atoms with van der Waals surface area (Å²) in [6, 6.07) is 10.2. The first-order valence-corrected chi connectivity index (χ1v) is 14.4. The summed E-state index contributed by atoms with van der Waals surface area (Å²) < 4.78 is 32.7. The highest BCUT2D eigenvalue weighted by Gasteiger charge is 2.34. The Morgan fingerprint density at radius 2 is 1.65 bits per heavy atom. The molecule has 0 amide bonds. The molecule has 0 spiro atoms. The van der Waals surface area contributed by atoms with E-state index in [2.05, 4.69) is 28.5 Å². The van der Waals surface area contributed by atoms with Crippen LogP contribution in [0.2, 0.25) is 0 Å². The molecule has 2 heterocycles. The van der Waals surface area contributed by atoms with Crippen LogP contribution in [0.4, 0.5) is 5.13 Å². The van der Waals surface area contributed by atoms with Crippen LogP contribution < -0.4 is 9.64 Å². The maximum Gasteiger partial charge on any atom is 0.185 e. The smallest absolute Gasteiger partial charge is 0.185 e. The van der Waals surface area contributed by atoms with Gasteiger partial charge in [-0.05, 0) is 87.4 Å². The van der Waals surface area contributed by atoms with Gasteiger partial charge in [-0.25, -0.2) is 13.4 Å². The van der Waals surface area contributed by atoms with E-state index in [1.165, 1.54) is 5.56 Å². The number of anilines is 1. The van der Waals surface area contributed by atoms with Gasteiger partial charge in [0.25, 0.3) is 0 Å². The number of nitrogens with zero attached hydrogens (tertiary/aromatic N) is 2. The summed E-state index contributed by atoms with van der Waals surface area (Å²) in [5.41, 5.74) is 6.11. The predicted octanol–water partition coefficient (Wildman–Crippen LogP) is 5.81. The minimum absolute atomic E-state index is 0.342. The Morgan fingerprint density at radius 3 is 2.24 bits per heavy atom. The van der Waals surface area contributed by atoms with Crippen molar-refractivity contribution in [3.63, 3.8) is 0 Å². The molecule has 1 aliphatic heterocycles. The summed E-state index contributed by atoms with van der Waals surface area (Å²) >= 11 is 1.64. The molecular formula is C27H34N2O3S2. The first-order valence-electron chi connectivity index (χ1n) is 11.9. The topological polar surface area (TPSA) is 59.5 Å². The number of aryl methyl sites for hydroxylation is 2. The van der Waals surface area contributed by atoms with E-state index < -0.39 is 9.84 Å². The molecule has 182 valence electrons. The summed E-state index contributed by atoms with van der Waals surface area (Å²) in [5.74, 6) is 0.884. The van der Waals surface area contributed by atoms with Crippen LogP contribution in [0, 0.1) is 27.7 Å². The molecule has 1 fully saturated rings. The van der Waals surface area contributed by atoms with Gasteiger partial charge in [0, 0.05) is 24.9 Å². The number of piperidine rings is 1. The second-order valence-electron chi connectivity index (χ2n) is 9.20. The number of rotatable bonds is 7. The number of aromatic nitrogens is 1. The molecule has 0 radical (unpaired) electrons. The fraction of sp³-hybridized carbons (Fsp3) is 0.444. The Kier molecular flexibility index (Phi) is 7.33. The highest BCUT2D eigenvalue weighted by Crippen LogP contribution is 2.34. The van der Waals surface area contributed by atoms with Crippen LogP contribution in [0.5, 0.6) is 5.75 Å². The first-order chi connectivity index (χ1) is 16.2. The molecule has 0 unspecified atom stereocenters. The van der Waals surface area contributed by atoms with E-state index in [1.807, 2.05) is 46.8 Å². The average molecular weight is 499 g/mol. The number of hydrogen-bond acceptors (Lipinski definition) is 6. The second-order valence-corrected chi connectivity index (χ2v) is 12.2. The molecule has 0 saturated carbocycles. The fourth-order valence-corrected chi connectivity index (χ4v) is 7.95. The quantitative estimate of drug-likeness (QED) is 0.411. The van der Waals surface area contributed by atoms with Gasteiger partial charge >= 0.3 is 0 Å². The number of thiazole rings is 1. The van der Waals surface area contributed by atoms with E-state index in [0.717, 1.165) is 45.2 Å². The molecule has 5 nitrogen and oxygen atoms in total. The molecule has 0 N–H and O–H groups in total. The number of hydrogen-bond donors (Lipinski definition) is 0. The SMILES string of the molecule is CCOc1ccc(Cc2csc(N3CCC(S(=O)(=O)c4c(C)c(C)cc(C)c4C)CC3)n2)cc1. The molecule has 34 heavy (non-hydrogen) atoms. The van der Waals surface area contributed by atoms with Crippen molar-refractivity contribution in [1.29, 1.82) is 0 Å². The molecule has 0 atom stereocenters. The third-order valence-corrected chi connectivity index (χ3v) is 10.4. The highest BCUT2D eigenvalue weighted by molar-refractivity contribution is 7.92. The third-order valence-electron chi connectivity index (χ3n) is 6.89. The Morgan fingerprint density at radius 1 is 1.03 bits per heavy atom. The predicted molar refractivity (Wildman–Crippen MR) is 140 cm³/mol. The molecule has 0 aliphatic carbocycles. The van der Waals surface area contributed by atoms with Crippen molar-refractivity contribution in [2.75, 3.05) is 24.6 Å². The van der Waals surface area contributed by atoms with E-state index in [9.17, 15) is 8.42 Å². The molecular weight excluding hydrogens is 464 g/mol. The van der Waals surface area contributed by atoms with Gasteiger partial charge in [0.15, 0.2) is 15.0 Å². The van der Waals surface area contributed by atoms with E-state index in [1.54, 1.807) is 11.3 Å². The van der Waals surface area contributed by atoms with Crippen molar-refractivity contribution in [2.45, 2.75) is 64.0 Å². The Hall–Kier alpha value is -2.38. The standard InChI is InChI=1S/C27H34N2O3S2/c1-6-32-24-9-7-22(8-10-24)16-23-17-33-27(28-23)29-13-11-25(12-14-29)34(30,31)26-20(4)18(2)15-19(3)21(26)5/h7-10,15,17,25H,6,11-14,16H2,1-5H3. The van der Waals surface area contributed by atoms with Gasteiger partial charge in [0.05, 0.1) is 22.4 Å². The van der Waals surface area contributed by atoms with Crippen molar-refractivity contribution >= 4 is 26.3 Å². The monoisotopic (exact) mass is 498 g/mol. The van der Waals surface area contributed by atoms with Crippen LogP contribution >= 0.6 is 11.3 Å². The van der Waals surface area contributed by atoms with E-state index in [4.69, 9.17) is 9.72 Å². The summed E-state index contributed by atoms with van der Waals surface area (Å²) in [6.07, 6.45) is 2.03. The van der Waals surface area contributed by atoms with Crippen molar-refractivity contribution in [1.82, 2.24) is 4.98 Å². The summed E-state index contributed by atoms with van der Waals surface area (Å²) in [5, 5.41) is 2.75. The van der Waals surface area contributed by atoms with Gasteiger partial charge in [-0.1, -0.05) is 18.2 Å². The van der Waals surface area contributed by atoms with E-state index >= 15 is 0 Å². The average Bonchev–Trinajstić information content (AvgIpc) is 3.28. The molecule has 0 bridgehead atoms. The fourth-order valence-electron chi connectivity index (χ4n) is 4.73. The second kappa shape index (κ2) is 10.1. The largest absolute Gasteiger partial charge is 0.494 e. The lowest BCUT2D eigenvalue weighted by molar-refractivity contribution is 0.340. The van der Waals surface area contributed by atoms with Crippen LogP contribution in [-0.4, -0.2) is 38.3 Å².